The molecule has 3 rings (SSSR count). The molecule has 1 fully saturated rings. The molecule has 33 heavy (non-hydrogen) atoms. The number of piperidine rings is 1. The summed E-state index contributed by atoms with van der Waals surface area (Å²) < 4.78 is 14.4. The van der Waals surface area contributed by atoms with Crippen LogP contribution in [0.3, 0.4) is 0 Å². The van der Waals surface area contributed by atoms with Crippen LogP contribution in [0.2, 0.25) is 0 Å². The number of rotatable bonds is 9. The third-order valence-electron chi connectivity index (χ3n) is 6.41. The fraction of sp³-hybridized carbons (Fsp3) is 0.407. The quantitative estimate of drug-likeness (QED) is 0.492. The second kappa shape index (κ2) is 12.6. The van der Waals surface area contributed by atoms with Crippen molar-refractivity contribution in [2.45, 2.75) is 31.7 Å². The average Bonchev–Trinajstić information content (AvgIpc) is 2.85. The summed E-state index contributed by atoms with van der Waals surface area (Å²) in [5, 5.41) is 0. The zero-order chi connectivity index (χ0) is 23.6. The molecule has 0 radical (unpaired) electrons. The molecule has 1 saturated heterocycles. The molecule has 1 heterocycles. The van der Waals surface area contributed by atoms with Crippen LogP contribution in [-0.2, 0) is 16.0 Å². The van der Waals surface area contributed by atoms with Gasteiger partial charge in [0.05, 0.1) is 0 Å². The molecule has 4 nitrogen and oxygen atoms in total. The Labute approximate surface area is 200 Å². The van der Waals surface area contributed by atoms with Crippen LogP contribution >= 0.6 is 11.8 Å². The highest BCUT2D eigenvalue weighted by molar-refractivity contribution is 7.98. The normalized spacial score (nSPS) is 15.5. The van der Waals surface area contributed by atoms with Crippen molar-refractivity contribution in [1.29, 1.82) is 0 Å². The average molecular weight is 469 g/mol. The van der Waals surface area contributed by atoms with E-state index in [0.717, 1.165) is 24.2 Å². The Kier molecular flexibility index (Phi) is 9.55. The molecule has 6 heteroatoms. The van der Waals surface area contributed by atoms with Gasteiger partial charge in [0, 0.05) is 44.4 Å². The molecule has 0 N–H and O–H groups in total. The van der Waals surface area contributed by atoms with Gasteiger partial charge in [-0.25, -0.2) is 4.39 Å². The number of amides is 2. The van der Waals surface area contributed by atoms with Gasteiger partial charge in [-0.15, -0.1) is 0 Å². The lowest BCUT2D eigenvalue weighted by atomic mass is 9.84. The smallest absolute Gasteiger partial charge is 0.246 e. The fourth-order valence-corrected chi connectivity index (χ4v) is 4.78. The minimum atomic E-state index is -0.230. The molecule has 2 amide bonds. The lowest BCUT2D eigenvalue weighted by molar-refractivity contribution is -0.134. The lowest BCUT2D eigenvalue weighted by Crippen LogP contribution is -2.48. The predicted molar refractivity (Wildman–Crippen MR) is 134 cm³/mol. The molecule has 1 unspecified atom stereocenters. The first-order valence-corrected chi connectivity index (χ1v) is 12.9. The Bertz CT molecular complexity index is 942. The second-order valence-electron chi connectivity index (χ2n) is 8.52. The molecule has 1 aliphatic rings. The Morgan fingerprint density at radius 1 is 1.12 bits per heavy atom. The van der Waals surface area contributed by atoms with Gasteiger partial charge in [-0.05, 0) is 54.7 Å². The molecular weight excluding hydrogens is 435 g/mol. The van der Waals surface area contributed by atoms with E-state index in [1.807, 2.05) is 65.6 Å². The number of carbonyl (C=O) groups excluding carboxylic acids is 2. The van der Waals surface area contributed by atoms with Crippen molar-refractivity contribution < 1.29 is 14.0 Å². The van der Waals surface area contributed by atoms with Crippen molar-refractivity contribution in [1.82, 2.24) is 9.80 Å². The van der Waals surface area contributed by atoms with Gasteiger partial charge in [-0.2, -0.15) is 11.8 Å². The standard InChI is InChI=1S/C27H33FN2O2S/c1-29(26(31)16-19-33-2)25(20-23-10-6-7-11-24(23)28)22-14-17-30(18-15-22)27(32)13-12-21-8-4-3-5-9-21/h3-13,22,25H,14-20H2,1-2H3. The van der Waals surface area contributed by atoms with Crippen molar-refractivity contribution >= 4 is 29.7 Å². The molecule has 0 spiro atoms. The van der Waals surface area contributed by atoms with Crippen molar-refractivity contribution in [3.8, 4) is 0 Å². The summed E-state index contributed by atoms with van der Waals surface area (Å²) >= 11 is 1.65. The number of hydrogen-bond donors (Lipinski definition) is 0. The number of likely N-dealkylation sites (N-methyl/N-ethyl adjacent to an activating group) is 1. The summed E-state index contributed by atoms with van der Waals surface area (Å²) in [6.07, 6.45) is 8.02. The van der Waals surface area contributed by atoms with Gasteiger partial charge in [-0.1, -0.05) is 48.5 Å². The molecule has 0 bridgehead atoms. The summed E-state index contributed by atoms with van der Waals surface area (Å²) in [6, 6.07) is 16.5. The molecule has 1 atom stereocenters. The Balaban J connectivity index is 1.66. The van der Waals surface area contributed by atoms with Crippen molar-refractivity contribution in [3.05, 3.63) is 77.6 Å². The molecule has 0 aromatic heterocycles. The van der Waals surface area contributed by atoms with E-state index in [-0.39, 0.29) is 29.6 Å². The van der Waals surface area contributed by atoms with Crippen LogP contribution in [0, 0.1) is 11.7 Å². The zero-order valence-corrected chi connectivity index (χ0v) is 20.3. The number of nitrogens with zero attached hydrogens (tertiary/aromatic N) is 2. The van der Waals surface area contributed by atoms with E-state index in [1.54, 1.807) is 30.0 Å². The minimum Gasteiger partial charge on any atom is -0.342 e. The molecule has 0 aliphatic carbocycles. The molecular formula is C27H33FN2O2S. The highest BCUT2D eigenvalue weighted by Crippen LogP contribution is 2.28. The number of benzene rings is 2. The summed E-state index contributed by atoms with van der Waals surface area (Å²) in [5.74, 6) is 0.861. The van der Waals surface area contributed by atoms with Crippen LogP contribution in [-0.4, -0.2) is 59.8 Å². The topological polar surface area (TPSA) is 40.6 Å². The largest absolute Gasteiger partial charge is 0.342 e. The fourth-order valence-electron chi connectivity index (χ4n) is 4.40. The molecule has 1 aliphatic heterocycles. The SMILES string of the molecule is CSCCC(=O)N(C)C(Cc1ccccc1F)C1CCN(C(=O)C=Cc2ccccc2)CC1. The van der Waals surface area contributed by atoms with E-state index in [9.17, 15) is 14.0 Å². The maximum Gasteiger partial charge on any atom is 0.246 e. The van der Waals surface area contributed by atoms with Crippen LogP contribution in [0.4, 0.5) is 4.39 Å². The van der Waals surface area contributed by atoms with E-state index >= 15 is 0 Å². The zero-order valence-electron chi connectivity index (χ0n) is 19.5. The second-order valence-corrected chi connectivity index (χ2v) is 9.50. The maximum absolute atomic E-state index is 14.4. The van der Waals surface area contributed by atoms with Crippen molar-refractivity contribution in [2.75, 3.05) is 32.1 Å². The monoisotopic (exact) mass is 468 g/mol. The molecule has 0 saturated carbocycles. The van der Waals surface area contributed by atoms with Gasteiger partial charge in [0.1, 0.15) is 5.82 Å². The highest BCUT2D eigenvalue weighted by atomic mass is 32.2. The molecule has 2 aromatic rings. The van der Waals surface area contributed by atoms with Crippen molar-refractivity contribution in [2.24, 2.45) is 5.92 Å². The van der Waals surface area contributed by atoms with Crippen molar-refractivity contribution in [3.63, 3.8) is 0 Å². The number of hydrogen-bond acceptors (Lipinski definition) is 3. The number of thioether (sulfide) groups is 1. The number of likely N-dealkylation sites (tertiary alicyclic amines) is 1. The van der Waals surface area contributed by atoms with E-state index in [2.05, 4.69) is 0 Å². The number of halogens is 1. The summed E-state index contributed by atoms with van der Waals surface area (Å²) in [7, 11) is 1.84. The Hall–Kier alpha value is -2.60. The summed E-state index contributed by atoms with van der Waals surface area (Å²) in [4.78, 5) is 29.2. The predicted octanol–water partition coefficient (Wildman–Crippen LogP) is 4.90. The van der Waals surface area contributed by atoms with Crippen LogP contribution < -0.4 is 0 Å². The first-order valence-electron chi connectivity index (χ1n) is 11.5. The highest BCUT2D eigenvalue weighted by Gasteiger charge is 2.32. The molecule has 2 aromatic carbocycles. The Morgan fingerprint density at radius 2 is 1.79 bits per heavy atom. The summed E-state index contributed by atoms with van der Waals surface area (Å²) in [5.41, 5.74) is 1.63. The number of carbonyl (C=O) groups is 2. The Morgan fingerprint density at radius 3 is 2.45 bits per heavy atom. The van der Waals surface area contributed by atoms with Crippen LogP contribution in [0.5, 0.6) is 0 Å². The third-order valence-corrected chi connectivity index (χ3v) is 7.02. The van der Waals surface area contributed by atoms with E-state index in [4.69, 9.17) is 0 Å². The van der Waals surface area contributed by atoms with Gasteiger partial charge in [0.15, 0.2) is 0 Å². The maximum atomic E-state index is 14.4. The van der Waals surface area contributed by atoms with Crippen LogP contribution in [0.25, 0.3) is 6.08 Å². The summed E-state index contributed by atoms with van der Waals surface area (Å²) in [6.45, 7) is 1.28. The van der Waals surface area contributed by atoms with Gasteiger partial charge in [0.25, 0.3) is 0 Å². The van der Waals surface area contributed by atoms with E-state index in [1.165, 1.54) is 6.07 Å². The third kappa shape index (κ3) is 7.19. The minimum absolute atomic E-state index is 0.00681. The van der Waals surface area contributed by atoms with E-state index < -0.39 is 0 Å². The molecule has 176 valence electrons. The first-order chi connectivity index (χ1) is 16.0. The van der Waals surface area contributed by atoms with Crippen LogP contribution in [0.15, 0.2) is 60.7 Å². The van der Waals surface area contributed by atoms with Gasteiger partial charge >= 0.3 is 0 Å². The van der Waals surface area contributed by atoms with Gasteiger partial charge in [-0.3, -0.25) is 9.59 Å². The van der Waals surface area contributed by atoms with E-state index in [0.29, 0.717) is 31.5 Å². The van der Waals surface area contributed by atoms with Crippen LogP contribution in [0.1, 0.15) is 30.4 Å². The first kappa shape index (κ1) is 25.0. The van der Waals surface area contributed by atoms with Gasteiger partial charge in [0.2, 0.25) is 11.8 Å². The lowest BCUT2D eigenvalue weighted by Gasteiger charge is -2.40. The van der Waals surface area contributed by atoms with Gasteiger partial charge < -0.3 is 9.80 Å².